The van der Waals surface area contributed by atoms with Gasteiger partial charge in [-0.2, -0.15) is 0 Å². The fourth-order valence-electron chi connectivity index (χ4n) is 3.78. The Labute approximate surface area is 140 Å². The molecule has 1 amide bonds. The second kappa shape index (κ2) is 6.98. The van der Waals surface area contributed by atoms with Crippen LogP contribution in [-0.2, 0) is 9.53 Å². The van der Waals surface area contributed by atoms with Gasteiger partial charge in [0.2, 0.25) is 11.9 Å². The van der Waals surface area contributed by atoms with E-state index in [4.69, 9.17) is 4.74 Å². The molecule has 1 aromatic heterocycles. The fraction of sp³-hybridized carbons (Fsp3) is 0.688. The summed E-state index contributed by atoms with van der Waals surface area (Å²) in [7, 11) is 1.50. The number of rotatable bonds is 3. The molecule has 2 fully saturated rings. The average Bonchev–Trinajstić information content (AvgIpc) is 2.59. The molecular formula is C16H23FN4O3. The Hall–Kier alpha value is -1.80. The summed E-state index contributed by atoms with van der Waals surface area (Å²) in [6.45, 7) is 2.39. The van der Waals surface area contributed by atoms with Crippen molar-refractivity contribution in [1.82, 2.24) is 14.9 Å². The Bertz CT molecular complexity index is 585. The summed E-state index contributed by atoms with van der Waals surface area (Å²) in [6.07, 6.45) is 4.07. The molecule has 0 unspecified atom stereocenters. The molecule has 0 aliphatic carbocycles. The summed E-state index contributed by atoms with van der Waals surface area (Å²) in [4.78, 5) is 24.0. The van der Waals surface area contributed by atoms with Gasteiger partial charge in [-0.15, -0.1) is 0 Å². The molecular weight excluding hydrogens is 315 g/mol. The van der Waals surface area contributed by atoms with Gasteiger partial charge in [0.15, 0.2) is 5.82 Å². The number of anilines is 1. The molecule has 0 radical (unpaired) electrons. The molecule has 1 N–H and O–H groups in total. The molecule has 132 valence electrons. The first-order valence-electron chi connectivity index (χ1n) is 8.21. The third-order valence-electron chi connectivity index (χ3n) is 5.00. The first kappa shape index (κ1) is 17.0. The quantitative estimate of drug-likeness (QED) is 0.862. The topological polar surface area (TPSA) is 78.8 Å². The predicted molar refractivity (Wildman–Crippen MR) is 84.9 cm³/mol. The Kier molecular flexibility index (Phi) is 4.96. The van der Waals surface area contributed by atoms with Crippen molar-refractivity contribution >= 4 is 11.9 Å². The molecule has 0 saturated carbocycles. The van der Waals surface area contributed by atoms with E-state index in [1.54, 1.807) is 4.90 Å². The normalized spacial score (nSPS) is 27.5. The number of hydrogen-bond donors (Lipinski definition) is 1. The first-order chi connectivity index (χ1) is 11.5. The molecule has 7 nitrogen and oxygen atoms in total. The van der Waals surface area contributed by atoms with E-state index in [1.807, 2.05) is 4.90 Å². The van der Waals surface area contributed by atoms with Gasteiger partial charge in [0.1, 0.15) is 6.61 Å². The van der Waals surface area contributed by atoms with Crippen LogP contribution in [0.3, 0.4) is 0 Å². The maximum absolute atomic E-state index is 13.0. The minimum absolute atomic E-state index is 0.0525. The molecule has 2 atom stereocenters. The number of aromatic nitrogens is 2. The number of aliphatic hydroxyl groups excluding tert-OH is 1. The van der Waals surface area contributed by atoms with Crippen LogP contribution >= 0.6 is 0 Å². The number of piperidine rings is 2. The largest absolute Gasteiger partial charge is 0.392 e. The maximum Gasteiger partial charge on any atom is 0.248 e. The van der Waals surface area contributed by atoms with Crippen LogP contribution in [0.1, 0.15) is 19.3 Å². The van der Waals surface area contributed by atoms with Crippen LogP contribution in [0, 0.1) is 11.2 Å². The zero-order valence-corrected chi connectivity index (χ0v) is 13.8. The van der Waals surface area contributed by atoms with Gasteiger partial charge in [0.05, 0.1) is 18.5 Å². The zero-order valence-electron chi connectivity index (χ0n) is 13.8. The van der Waals surface area contributed by atoms with Gasteiger partial charge in [-0.1, -0.05) is 0 Å². The molecule has 1 spiro atoms. The molecule has 2 saturated heterocycles. The number of aliphatic hydroxyl groups is 1. The number of halogens is 1. The summed E-state index contributed by atoms with van der Waals surface area (Å²) in [5.74, 6) is -0.0681. The van der Waals surface area contributed by atoms with Gasteiger partial charge in [-0.3, -0.25) is 4.79 Å². The van der Waals surface area contributed by atoms with Crippen LogP contribution in [0.15, 0.2) is 12.4 Å². The molecule has 3 heterocycles. The van der Waals surface area contributed by atoms with Gasteiger partial charge in [0, 0.05) is 38.7 Å². The number of carbonyl (C=O) groups is 1. The second-order valence-electron chi connectivity index (χ2n) is 6.64. The van der Waals surface area contributed by atoms with Crippen LogP contribution in [0.2, 0.25) is 0 Å². The van der Waals surface area contributed by atoms with E-state index < -0.39 is 17.3 Å². The average molecular weight is 338 g/mol. The standard InChI is InChI=1S/C16H23FN4O3/c1-24-9-14(23)20-5-2-4-16(10-20)11-21(6-3-13(16)22)15-18-7-12(17)8-19-15/h7-8,13,22H,2-6,9-11H2,1H3/t13-,16+/m1/s1. The van der Waals surface area contributed by atoms with E-state index in [0.717, 1.165) is 25.2 Å². The predicted octanol–water partition coefficient (Wildman–Crippen LogP) is 0.442. The van der Waals surface area contributed by atoms with E-state index in [0.29, 0.717) is 38.5 Å². The zero-order chi connectivity index (χ0) is 17.2. The van der Waals surface area contributed by atoms with Gasteiger partial charge in [0.25, 0.3) is 0 Å². The number of amides is 1. The minimum atomic E-state index is -0.479. The van der Waals surface area contributed by atoms with Crippen LogP contribution in [0.4, 0.5) is 10.3 Å². The molecule has 0 bridgehead atoms. The Morgan fingerprint density at radius 2 is 2.17 bits per heavy atom. The highest BCUT2D eigenvalue weighted by atomic mass is 19.1. The van der Waals surface area contributed by atoms with Crippen molar-refractivity contribution < 1.29 is 19.0 Å². The Morgan fingerprint density at radius 1 is 1.42 bits per heavy atom. The summed E-state index contributed by atoms with van der Waals surface area (Å²) in [6, 6.07) is 0. The monoisotopic (exact) mass is 338 g/mol. The molecule has 0 aromatic carbocycles. The number of nitrogens with zero attached hydrogens (tertiary/aromatic N) is 4. The third-order valence-corrected chi connectivity index (χ3v) is 5.00. The van der Waals surface area contributed by atoms with Gasteiger partial charge < -0.3 is 19.6 Å². The molecule has 2 aliphatic rings. The van der Waals surface area contributed by atoms with Crippen molar-refractivity contribution in [1.29, 1.82) is 0 Å². The van der Waals surface area contributed by atoms with Crippen molar-refractivity contribution in [3.8, 4) is 0 Å². The smallest absolute Gasteiger partial charge is 0.248 e. The molecule has 3 rings (SSSR count). The number of methoxy groups -OCH3 is 1. The number of ether oxygens (including phenoxy) is 1. The van der Waals surface area contributed by atoms with Crippen LogP contribution in [0.25, 0.3) is 0 Å². The van der Waals surface area contributed by atoms with Crippen LogP contribution in [-0.4, -0.2) is 71.9 Å². The van der Waals surface area contributed by atoms with Crippen molar-refractivity contribution in [3.63, 3.8) is 0 Å². The summed E-state index contributed by atoms with van der Waals surface area (Å²) < 4.78 is 18.0. The lowest BCUT2D eigenvalue weighted by atomic mass is 9.71. The molecule has 2 aliphatic heterocycles. The van der Waals surface area contributed by atoms with Crippen LogP contribution in [0.5, 0.6) is 0 Å². The number of likely N-dealkylation sites (tertiary alicyclic amines) is 1. The van der Waals surface area contributed by atoms with Gasteiger partial charge >= 0.3 is 0 Å². The van der Waals surface area contributed by atoms with E-state index in [9.17, 15) is 14.3 Å². The van der Waals surface area contributed by atoms with E-state index in [2.05, 4.69) is 9.97 Å². The summed E-state index contributed by atoms with van der Waals surface area (Å²) >= 11 is 0. The third kappa shape index (κ3) is 3.34. The first-order valence-corrected chi connectivity index (χ1v) is 8.21. The summed E-state index contributed by atoms with van der Waals surface area (Å²) in [5, 5.41) is 10.6. The van der Waals surface area contributed by atoms with Crippen molar-refractivity contribution in [2.24, 2.45) is 5.41 Å². The lowest BCUT2D eigenvalue weighted by Gasteiger charge is -2.51. The van der Waals surface area contributed by atoms with E-state index >= 15 is 0 Å². The van der Waals surface area contributed by atoms with Crippen LogP contribution < -0.4 is 4.90 Å². The Balaban J connectivity index is 1.77. The second-order valence-corrected chi connectivity index (χ2v) is 6.64. The maximum atomic E-state index is 13.0. The number of hydrogen-bond acceptors (Lipinski definition) is 6. The Morgan fingerprint density at radius 3 is 2.88 bits per heavy atom. The van der Waals surface area contributed by atoms with Gasteiger partial charge in [-0.05, 0) is 19.3 Å². The SMILES string of the molecule is COCC(=O)N1CCC[C@]2(C1)CN(c1ncc(F)cn1)CC[C@H]2O. The number of carbonyl (C=O) groups excluding carboxylic acids is 1. The highest BCUT2D eigenvalue weighted by molar-refractivity contribution is 5.77. The lowest BCUT2D eigenvalue weighted by molar-refractivity contribution is -0.141. The highest BCUT2D eigenvalue weighted by Gasteiger charge is 2.46. The van der Waals surface area contributed by atoms with Crippen molar-refractivity contribution in [2.45, 2.75) is 25.4 Å². The van der Waals surface area contributed by atoms with Crippen molar-refractivity contribution in [2.75, 3.05) is 44.8 Å². The molecule has 24 heavy (non-hydrogen) atoms. The highest BCUT2D eigenvalue weighted by Crippen LogP contribution is 2.39. The summed E-state index contributed by atoms with van der Waals surface area (Å²) in [5.41, 5.74) is -0.405. The van der Waals surface area contributed by atoms with Gasteiger partial charge in [-0.25, -0.2) is 14.4 Å². The molecule has 8 heteroatoms. The molecule has 1 aromatic rings. The minimum Gasteiger partial charge on any atom is -0.392 e. The fourth-order valence-corrected chi connectivity index (χ4v) is 3.78. The lowest BCUT2D eigenvalue weighted by Crippen LogP contribution is -2.60. The van der Waals surface area contributed by atoms with E-state index in [-0.39, 0.29) is 12.5 Å². The van der Waals surface area contributed by atoms with Crippen molar-refractivity contribution in [3.05, 3.63) is 18.2 Å². The van der Waals surface area contributed by atoms with E-state index in [1.165, 1.54) is 7.11 Å².